The van der Waals surface area contributed by atoms with E-state index in [1.165, 1.54) is 5.56 Å². The van der Waals surface area contributed by atoms with Crippen molar-refractivity contribution in [2.45, 2.75) is 69.1 Å². The van der Waals surface area contributed by atoms with Gasteiger partial charge in [-0.1, -0.05) is 30.3 Å². The number of amides is 1. The molecule has 5 heteroatoms. The van der Waals surface area contributed by atoms with Gasteiger partial charge in [-0.15, -0.1) is 0 Å². The summed E-state index contributed by atoms with van der Waals surface area (Å²) in [6.07, 6.45) is 8.43. The molecule has 152 valence electrons. The summed E-state index contributed by atoms with van der Waals surface area (Å²) in [6.45, 7) is 1.56. The van der Waals surface area contributed by atoms with Crippen molar-refractivity contribution in [3.05, 3.63) is 63.3 Å². The van der Waals surface area contributed by atoms with Crippen molar-refractivity contribution in [2.24, 2.45) is 0 Å². The van der Waals surface area contributed by atoms with Gasteiger partial charge in [0, 0.05) is 36.4 Å². The first-order valence-electron chi connectivity index (χ1n) is 11.1. The highest BCUT2D eigenvalue weighted by Crippen LogP contribution is 2.45. The number of nitrogens with one attached hydrogen (secondary N) is 1. The van der Waals surface area contributed by atoms with Crippen LogP contribution in [0.3, 0.4) is 0 Å². The third-order valence-electron chi connectivity index (χ3n) is 6.98. The van der Waals surface area contributed by atoms with Crippen LogP contribution in [0.4, 0.5) is 0 Å². The van der Waals surface area contributed by atoms with E-state index in [2.05, 4.69) is 17.1 Å². The Morgan fingerprint density at radius 1 is 1.21 bits per heavy atom. The summed E-state index contributed by atoms with van der Waals surface area (Å²) in [5, 5.41) is 0. The zero-order valence-electron chi connectivity index (χ0n) is 17.0. The topological polar surface area (TPSA) is 66.1 Å². The molecule has 1 atom stereocenters. The van der Waals surface area contributed by atoms with Crippen molar-refractivity contribution in [3.8, 4) is 0 Å². The van der Waals surface area contributed by atoms with Gasteiger partial charge in [0.15, 0.2) is 0 Å². The van der Waals surface area contributed by atoms with Crippen molar-refractivity contribution in [1.82, 2.24) is 14.9 Å². The number of likely N-dealkylation sites (tertiary alicyclic amines) is 1. The van der Waals surface area contributed by atoms with Gasteiger partial charge in [-0.05, 0) is 56.9 Å². The monoisotopic (exact) mass is 391 g/mol. The van der Waals surface area contributed by atoms with Crippen LogP contribution >= 0.6 is 0 Å². The average molecular weight is 392 g/mol. The lowest BCUT2D eigenvalue weighted by atomic mass is 9.77. The van der Waals surface area contributed by atoms with Gasteiger partial charge in [0.2, 0.25) is 5.91 Å². The highest BCUT2D eigenvalue weighted by Gasteiger charge is 2.46. The predicted octanol–water partition coefficient (Wildman–Crippen LogP) is 3.48. The predicted molar refractivity (Wildman–Crippen MR) is 112 cm³/mol. The fraction of sp³-hybridized carbons (Fsp3) is 0.542. The van der Waals surface area contributed by atoms with Gasteiger partial charge in [-0.2, -0.15) is 0 Å². The second kappa shape index (κ2) is 7.43. The van der Waals surface area contributed by atoms with Crippen LogP contribution in [0.15, 0.2) is 35.1 Å². The summed E-state index contributed by atoms with van der Waals surface area (Å²) < 4.78 is 0. The molecule has 2 aromatic rings. The summed E-state index contributed by atoms with van der Waals surface area (Å²) >= 11 is 0. The molecule has 2 fully saturated rings. The molecule has 0 radical (unpaired) electrons. The van der Waals surface area contributed by atoms with Gasteiger partial charge in [-0.3, -0.25) is 9.59 Å². The number of benzene rings is 1. The van der Waals surface area contributed by atoms with E-state index in [9.17, 15) is 9.59 Å². The molecule has 0 bridgehead atoms. The molecule has 1 unspecified atom stereocenters. The molecule has 2 heterocycles. The van der Waals surface area contributed by atoms with Crippen molar-refractivity contribution < 1.29 is 4.79 Å². The van der Waals surface area contributed by atoms with Crippen LogP contribution in [-0.2, 0) is 23.1 Å². The third kappa shape index (κ3) is 3.63. The minimum absolute atomic E-state index is 0.0556. The van der Waals surface area contributed by atoms with Gasteiger partial charge < -0.3 is 9.88 Å². The van der Waals surface area contributed by atoms with Gasteiger partial charge >= 0.3 is 0 Å². The molecule has 5 nitrogen and oxygen atoms in total. The molecule has 1 saturated carbocycles. The Morgan fingerprint density at radius 2 is 2.03 bits per heavy atom. The number of rotatable bonds is 5. The molecule has 2 aliphatic carbocycles. The normalized spacial score (nSPS) is 23.4. The number of aryl methyl sites for hydroxylation is 1. The molecule has 1 spiro atoms. The third-order valence-corrected chi connectivity index (χ3v) is 6.98. The minimum Gasteiger partial charge on any atom is -0.342 e. The summed E-state index contributed by atoms with van der Waals surface area (Å²) in [5.74, 6) is 1.56. The number of hydrogen-bond donors (Lipinski definition) is 1. The summed E-state index contributed by atoms with van der Waals surface area (Å²) in [4.78, 5) is 35.6. The van der Waals surface area contributed by atoms with Crippen LogP contribution in [-0.4, -0.2) is 33.9 Å². The lowest BCUT2D eigenvalue weighted by Crippen LogP contribution is -2.48. The Bertz CT molecular complexity index is 964. The SMILES string of the molecule is O=C(CCCc1ccccc1)N1CCCC2(CCc3c2nc(C2CC2)[nH]c3=O)C1. The van der Waals surface area contributed by atoms with Gasteiger partial charge in [0.05, 0.1) is 5.69 Å². The minimum atomic E-state index is -0.111. The largest absolute Gasteiger partial charge is 0.342 e. The van der Waals surface area contributed by atoms with Crippen molar-refractivity contribution in [1.29, 1.82) is 0 Å². The van der Waals surface area contributed by atoms with E-state index in [4.69, 9.17) is 4.98 Å². The van der Waals surface area contributed by atoms with Crippen LogP contribution in [0.2, 0.25) is 0 Å². The van der Waals surface area contributed by atoms with E-state index in [0.717, 1.165) is 81.5 Å². The maximum Gasteiger partial charge on any atom is 0.254 e. The van der Waals surface area contributed by atoms with E-state index in [1.807, 2.05) is 23.1 Å². The van der Waals surface area contributed by atoms with Gasteiger partial charge in [0.25, 0.3) is 5.56 Å². The first-order valence-corrected chi connectivity index (χ1v) is 11.1. The van der Waals surface area contributed by atoms with Crippen LogP contribution in [0.25, 0.3) is 0 Å². The lowest BCUT2D eigenvalue weighted by Gasteiger charge is -2.40. The zero-order chi connectivity index (χ0) is 19.8. The van der Waals surface area contributed by atoms with Gasteiger partial charge in [-0.25, -0.2) is 4.98 Å². The molecular formula is C24H29N3O2. The highest BCUT2D eigenvalue weighted by molar-refractivity contribution is 5.76. The number of fused-ring (bicyclic) bond motifs is 2. The zero-order valence-corrected chi connectivity index (χ0v) is 17.0. The highest BCUT2D eigenvalue weighted by atomic mass is 16.2. The molecule has 1 aromatic heterocycles. The molecule has 1 N–H and O–H groups in total. The number of piperidine rings is 1. The van der Waals surface area contributed by atoms with Crippen LogP contribution < -0.4 is 5.56 Å². The molecular weight excluding hydrogens is 362 g/mol. The van der Waals surface area contributed by atoms with E-state index < -0.39 is 0 Å². The summed E-state index contributed by atoms with van der Waals surface area (Å²) in [5.41, 5.74) is 3.11. The first kappa shape index (κ1) is 18.6. The van der Waals surface area contributed by atoms with E-state index >= 15 is 0 Å². The number of aromatic amines is 1. The van der Waals surface area contributed by atoms with Crippen molar-refractivity contribution in [2.75, 3.05) is 13.1 Å². The molecule has 3 aliphatic rings. The standard InChI is InChI=1S/C24H29N3O2/c28-20(9-4-8-17-6-2-1-3-7-17)27-15-5-13-24(16-27)14-12-19-21(24)25-22(18-10-11-18)26-23(19)29/h1-3,6-7,18H,4-5,8-16H2,(H,25,26,29). The Labute approximate surface area is 171 Å². The molecule has 1 saturated heterocycles. The van der Waals surface area contributed by atoms with Crippen molar-refractivity contribution >= 4 is 5.91 Å². The number of nitrogens with zero attached hydrogens (tertiary/aromatic N) is 2. The quantitative estimate of drug-likeness (QED) is 0.849. The van der Waals surface area contributed by atoms with Crippen LogP contribution in [0, 0.1) is 0 Å². The Morgan fingerprint density at radius 3 is 2.83 bits per heavy atom. The molecule has 29 heavy (non-hydrogen) atoms. The van der Waals surface area contributed by atoms with E-state index in [-0.39, 0.29) is 16.9 Å². The first-order chi connectivity index (χ1) is 14.1. The molecule has 1 aliphatic heterocycles. The van der Waals surface area contributed by atoms with E-state index in [0.29, 0.717) is 12.3 Å². The fourth-order valence-electron chi connectivity index (χ4n) is 5.21. The average Bonchev–Trinajstić information content (AvgIpc) is 3.54. The number of H-pyrrole nitrogens is 1. The van der Waals surface area contributed by atoms with Gasteiger partial charge in [0.1, 0.15) is 5.82 Å². The number of carbonyl (C=O) groups excluding carboxylic acids is 1. The van der Waals surface area contributed by atoms with Crippen LogP contribution in [0.1, 0.15) is 73.5 Å². The Balaban J connectivity index is 1.29. The van der Waals surface area contributed by atoms with Crippen molar-refractivity contribution in [3.63, 3.8) is 0 Å². The second-order valence-electron chi connectivity index (χ2n) is 9.09. The summed E-state index contributed by atoms with van der Waals surface area (Å²) in [6, 6.07) is 10.4. The van der Waals surface area contributed by atoms with E-state index in [1.54, 1.807) is 0 Å². The lowest BCUT2D eigenvalue weighted by molar-refractivity contribution is -0.133. The maximum atomic E-state index is 12.9. The molecule has 5 rings (SSSR count). The smallest absolute Gasteiger partial charge is 0.254 e. The number of aromatic nitrogens is 2. The molecule has 1 aromatic carbocycles. The van der Waals surface area contributed by atoms with Crippen LogP contribution in [0.5, 0.6) is 0 Å². The summed E-state index contributed by atoms with van der Waals surface area (Å²) in [7, 11) is 0. The molecule has 1 amide bonds. The fourth-order valence-corrected chi connectivity index (χ4v) is 5.21. The number of hydrogen-bond acceptors (Lipinski definition) is 3. The Kier molecular flexibility index (Phi) is 4.76. The number of carbonyl (C=O) groups is 1. The maximum absolute atomic E-state index is 12.9. The Hall–Kier alpha value is -2.43. The second-order valence-corrected chi connectivity index (χ2v) is 9.09.